The van der Waals surface area contributed by atoms with E-state index in [9.17, 15) is 4.79 Å². The van der Waals surface area contributed by atoms with Crippen LogP contribution in [0.3, 0.4) is 0 Å². The highest BCUT2D eigenvalue weighted by atomic mass is 16.5. The summed E-state index contributed by atoms with van der Waals surface area (Å²) in [7, 11) is 1.44. The molecule has 2 aromatic heterocycles. The number of ether oxygens (including phenoxy) is 1. The second kappa shape index (κ2) is 5.26. The number of hydrogen-bond acceptors (Lipinski definition) is 5. The van der Waals surface area contributed by atoms with Crippen LogP contribution in [0.5, 0.6) is 0 Å². The van der Waals surface area contributed by atoms with Gasteiger partial charge in [0.25, 0.3) is 0 Å². The summed E-state index contributed by atoms with van der Waals surface area (Å²) in [6, 6.07) is 1.93. The first-order chi connectivity index (χ1) is 11.2. The van der Waals surface area contributed by atoms with Crippen molar-refractivity contribution >= 4 is 23.1 Å². The molecule has 23 heavy (non-hydrogen) atoms. The zero-order valence-electron chi connectivity index (χ0n) is 13.0. The van der Waals surface area contributed by atoms with Gasteiger partial charge in [-0.3, -0.25) is 4.90 Å². The van der Waals surface area contributed by atoms with Crippen LogP contribution in [-0.4, -0.2) is 58.2 Å². The summed E-state index contributed by atoms with van der Waals surface area (Å²) in [5.74, 6) is 0.888. The quantitative estimate of drug-likeness (QED) is 0.814. The summed E-state index contributed by atoms with van der Waals surface area (Å²) in [4.78, 5) is 28.1. The molecule has 1 spiro atoms. The molecule has 2 aliphatic heterocycles. The Kier molecular flexibility index (Phi) is 3.21. The van der Waals surface area contributed by atoms with Crippen LogP contribution in [0.1, 0.15) is 12.8 Å². The number of carbonyl (C=O) groups excluding carboxylic acids is 1. The molecule has 0 unspecified atom stereocenters. The fourth-order valence-corrected chi connectivity index (χ4v) is 3.55. The van der Waals surface area contributed by atoms with E-state index in [2.05, 4.69) is 32.0 Å². The van der Waals surface area contributed by atoms with Crippen molar-refractivity contribution in [3.8, 4) is 0 Å². The van der Waals surface area contributed by atoms with E-state index in [1.165, 1.54) is 7.11 Å². The van der Waals surface area contributed by atoms with Gasteiger partial charge in [0.05, 0.1) is 18.8 Å². The standard InChI is InChI=1S/C16H19N5O2/c1-23-15(22)21-8-2-4-16(21)5-9-20(10-6-16)13-11-18-14-12(19-13)3-7-17-14/h2-4,7,11H,5-6,8-10H2,1H3,(H,17,18). The predicted molar refractivity (Wildman–Crippen MR) is 86.3 cm³/mol. The van der Waals surface area contributed by atoms with Crippen LogP contribution in [0.4, 0.5) is 10.6 Å². The average Bonchev–Trinajstić information content (AvgIpc) is 3.21. The van der Waals surface area contributed by atoms with Crippen molar-refractivity contribution in [2.75, 3.05) is 31.6 Å². The summed E-state index contributed by atoms with van der Waals surface area (Å²) in [5.41, 5.74) is 1.47. The Labute approximate surface area is 134 Å². The molecule has 1 fully saturated rings. The molecule has 2 aromatic rings. The SMILES string of the molecule is COC(=O)N1CC=CC12CCN(c1cnc3[nH]ccc3n1)CC2. The zero-order valence-corrected chi connectivity index (χ0v) is 13.0. The normalized spacial score (nSPS) is 19.7. The van der Waals surface area contributed by atoms with Crippen molar-refractivity contribution in [1.82, 2.24) is 19.9 Å². The third-order valence-electron chi connectivity index (χ3n) is 4.85. The number of hydrogen-bond donors (Lipinski definition) is 1. The van der Waals surface area contributed by atoms with Crippen molar-refractivity contribution in [3.05, 3.63) is 30.6 Å². The largest absolute Gasteiger partial charge is 0.453 e. The Morgan fingerprint density at radius 1 is 1.39 bits per heavy atom. The highest BCUT2D eigenvalue weighted by Crippen LogP contribution is 2.35. The van der Waals surface area contributed by atoms with Crippen LogP contribution in [0.25, 0.3) is 11.2 Å². The summed E-state index contributed by atoms with van der Waals surface area (Å²) in [5, 5.41) is 0. The molecule has 0 bridgehead atoms. The number of nitrogens with zero attached hydrogens (tertiary/aromatic N) is 4. The van der Waals surface area contributed by atoms with E-state index >= 15 is 0 Å². The van der Waals surface area contributed by atoms with E-state index in [0.717, 1.165) is 42.9 Å². The number of rotatable bonds is 1. The number of carbonyl (C=O) groups is 1. The molecule has 2 aliphatic rings. The van der Waals surface area contributed by atoms with Gasteiger partial charge in [-0.15, -0.1) is 0 Å². The fraction of sp³-hybridized carbons (Fsp3) is 0.438. The molecule has 1 amide bonds. The van der Waals surface area contributed by atoms with Crippen LogP contribution < -0.4 is 4.90 Å². The van der Waals surface area contributed by atoms with E-state index in [4.69, 9.17) is 4.74 Å². The van der Waals surface area contributed by atoms with Gasteiger partial charge in [0.15, 0.2) is 5.65 Å². The lowest BCUT2D eigenvalue weighted by Gasteiger charge is -2.43. The smallest absolute Gasteiger partial charge is 0.410 e. The molecule has 7 nitrogen and oxygen atoms in total. The number of amides is 1. The number of fused-ring (bicyclic) bond motifs is 1. The molecule has 7 heteroatoms. The predicted octanol–water partition coefficient (Wildman–Crippen LogP) is 1.94. The molecule has 1 N–H and O–H groups in total. The maximum Gasteiger partial charge on any atom is 0.410 e. The summed E-state index contributed by atoms with van der Waals surface area (Å²) in [6.45, 7) is 2.30. The molecule has 4 heterocycles. The molecule has 120 valence electrons. The lowest BCUT2D eigenvalue weighted by atomic mass is 9.87. The Morgan fingerprint density at radius 2 is 2.22 bits per heavy atom. The maximum absolute atomic E-state index is 12.0. The van der Waals surface area contributed by atoms with Gasteiger partial charge < -0.3 is 14.6 Å². The van der Waals surface area contributed by atoms with Crippen molar-refractivity contribution in [2.45, 2.75) is 18.4 Å². The topological polar surface area (TPSA) is 74.3 Å². The van der Waals surface area contributed by atoms with Gasteiger partial charge in [0.2, 0.25) is 0 Å². The summed E-state index contributed by atoms with van der Waals surface area (Å²) < 4.78 is 4.92. The lowest BCUT2D eigenvalue weighted by Crippen LogP contribution is -2.54. The first-order valence-electron chi connectivity index (χ1n) is 7.80. The molecule has 0 radical (unpaired) electrons. The zero-order chi connectivity index (χ0) is 15.9. The minimum atomic E-state index is -0.253. The molecule has 4 rings (SSSR count). The van der Waals surface area contributed by atoms with Crippen LogP contribution >= 0.6 is 0 Å². The number of H-pyrrole nitrogens is 1. The minimum absolute atomic E-state index is 0.213. The van der Waals surface area contributed by atoms with Gasteiger partial charge in [-0.1, -0.05) is 12.2 Å². The number of methoxy groups -OCH3 is 1. The third kappa shape index (κ3) is 2.23. The summed E-state index contributed by atoms with van der Waals surface area (Å²) in [6.07, 6.45) is 9.34. The Morgan fingerprint density at radius 3 is 3.00 bits per heavy atom. The van der Waals surface area contributed by atoms with Gasteiger partial charge >= 0.3 is 6.09 Å². The lowest BCUT2D eigenvalue weighted by molar-refractivity contribution is 0.0848. The van der Waals surface area contributed by atoms with Crippen molar-refractivity contribution < 1.29 is 9.53 Å². The van der Waals surface area contributed by atoms with Gasteiger partial charge in [-0.25, -0.2) is 14.8 Å². The van der Waals surface area contributed by atoms with Crippen molar-refractivity contribution in [1.29, 1.82) is 0 Å². The van der Waals surface area contributed by atoms with Gasteiger partial charge in [-0.05, 0) is 18.9 Å². The van der Waals surface area contributed by atoms with Crippen LogP contribution in [0.2, 0.25) is 0 Å². The maximum atomic E-state index is 12.0. The molecular weight excluding hydrogens is 294 g/mol. The second-order valence-corrected chi connectivity index (χ2v) is 6.01. The van der Waals surface area contributed by atoms with Crippen LogP contribution in [0.15, 0.2) is 30.6 Å². The van der Waals surface area contributed by atoms with E-state index in [1.807, 2.05) is 17.2 Å². The van der Waals surface area contributed by atoms with E-state index in [-0.39, 0.29) is 11.6 Å². The first kappa shape index (κ1) is 14.0. The van der Waals surface area contributed by atoms with Gasteiger partial charge in [0.1, 0.15) is 11.3 Å². The molecule has 1 saturated heterocycles. The first-order valence-corrected chi connectivity index (χ1v) is 7.80. The van der Waals surface area contributed by atoms with E-state index in [1.54, 1.807) is 6.20 Å². The number of aromatic amines is 1. The Balaban J connectivity index is 1.52. The molecule has 0 atom stereocenters. The Bertz CT molecular complexity index is 761. The number of nitrogens with one attached hydrogen (secondary N) is 1. The summed E-state index contributed by atoms with van der Waals surface area (Å²) >= 11 is 0. The van der Waals surface area contributed by atoms with Gasteiger partial charge in [-0.2, -0.15) is 0 Å². The minimum Gasteiger partial charge on any atom is -0.453 e. The number of piperidine rings is 1. The van der Waals surface area contributed by atoms with E-state index in [0.29, 0.717) is 6.54 Å². The third-order valence-corrected chi connectivity index (χ3v) is 4.85. The molecule has 0 saturated carbocycles. The number of aromatic nitrogens is 3. The van der Waals surface area contributed by atoms with Gasteiger partial charge in [0, 0.05) is 25.8 Å². The van der Waals surface area contributed by atoms with Crippen molar-refractivity contribution in [3.63, 3.8) is 0 Å². The Hall–Kier alpha value is -2.57. The van der Waals surface area contributed by atoms with E-state index < -0.39 is 0 Å². The highest BCUT2D eigenvalue weighted by Gasteiger charge is 2.43. The fourth-order valence-electron chi connectivity index (χ4n) is 3.55. The molecule has 0 aliphatic carbocycles. The monoisotopic (exact) mass is 313 g/mol. The van der Waals surface area contributed by atoms with Crippen LogP contribution in [-0.2, 0) is 4.74 Å². The number of anilines is 1. The molecule has 0 aromatic carbocycles. The average molecular weight is 313 g/mol. The van der Waals surface area contributed by atoms with Crippen molar-refractivity contribution in [2.24, 2.45) is 0 Å². The molecular formula is C16H19N5O2. The van der Waals surface area contributed by atoms with Crippen LogP contribution in [0, 0.1) is 0 Å². The highest BCUT2D eigenvalue weighted by molar-refractivity contribution is 5.72. The second-order valence-electron chi connectivity index (χ2n) is 6.01.